The zero-order valence-corrected chi connectivity index (χ0v) is 36.9. The second-order valence-corrected chi connectivity index (χ2v) is 16.1. The summed E-state index contributed by atoms with van der Waals surface area (Å²) in [6.45, 7) is 7.50. The number of carbonyl (C=O) groups is 6. The van der Waals surface area contributed by atoms with Gasteiger partial charge in [-0.2, -0.15) is 0 Å². The summed E-state index contributed by atoms with van der Waals surface area (Å²) < 4.78 is 36.2. The van der Waals surface area contributed by atoms with Crippen molar-refractivity contribution in [2.24, 2.45) is 0 Å². The Morgan fingerprint density at radius 1 is 0.937 bits per heavy atom. The Balaban J connectivity index is 1.39. The van der Waals surface area contributed by atoms with Crippen molar-refractivity contribution in [2.45, 2.75) is 129 Å². The van der Waals surface area contributed by atoms with Crippen LogP contribution in [-0.4, -0.2) is 114 Å². The molecule has 342 valence electrons. The van der Waals surface area contributed by atoms with Crippen LogP contribution in [0, 0.1) is 13.8 Å². The van der Waals surface area contributed by atoms with E-state index in [-0.39, 0.29) is 44.0 Å². The molecule has 18 nitrogen and oxygen atoms in total. The molecule has 1 aromatic heterocycles. The van der Waals surface area contributed by atoms with E-state index in [2.05, 4.69) is 26.3 Å². The molecule has 2 heterocycles. The zero-order chi connectivity index (χ0) is 45.5. The highest BCUT2D eigenvalue weighted by atomic mass is 16.7. The van der Waals surface area contributed by atoms with Crippen LogP contribution in [0.2, 0.25) is 0 Å². The number of amides is 2. The van der Waals surface area contributed by atoms with Gasteiger partial charge in [0.25, 0.3) is 11.7 Å². The summed E-state index contributed by atoms with van der Waals surface area (Å²) in [6.07, 6.45) is 3.73. The van der Waals surface area contributed by atoms with Gasteiger partial charge in [-0.3, -0.25) is 24.0 Å². The van der Waals surface area contributed by atoms with Crippen molar-refractivity contribution >= 4 is 35.7 Å². The number of hydrogen-bond acceptors (Lipinski definition) is 15. The summed E-state index contributed by atoms with van der Waals surface area (Å²) >= 11 is 0. The molecule has 1 saturated carbocycles. The summed E-state index contributed by atoms with van der Waals surface area (Å²) in [6, 6.07) is 11.9. The third kappa shape index (κ3) is 14.1. The Morgan fingerprint density at radius 3 is 2.30 bits per heavy atom. The van der Waals surface area contributed by atoms with Gasteiger partial charge < -0.3 is 44.4 Å². The highest BCUT2D eigenvalue weighted by Gasteiger charge is 2.56. The van der Waals surface area contributed by atoms with E-state index in [0.717, 1.165) is 50.5 Å². The Kier molecular flexibility index (Phi) is 17.7. The third-order valence-corrected chi connectivity index (χ3v) is 11.0. The van der Waals surface area contributed by atoms with E-state index in [1.807, 2.05) is 30.3 Å². The first-order valence-electron chi connectivity index (χ1n) is 21.4. The normalized spacial score (nSPS) is 20.5. The maximum absolute atomic E-state index is 13.8. The quantitative estimate of drug-likeness (QED) is 0.0639. The van der Waals surface area contributed by atoms with Crippen LogP contribution in [-0.2, 0) is 60.6 Å². The Bertz CT molecular complexity index is 2030. The van der Waals surface area contributed by atoms with Gasteiger partial charge in [-0.05, 0) is 68.5 Å². The minimum atomic E-state index is -2.13. The molecule has 2 unspecified atom stereocenters. The first-order chi connectivity index (χ1) is 30.2. The van der Waals surface area contributed by atoms with Crippen molar-refractivity contribution in [1.29, 1.82) is 0 Å². The summed E-state index contributed by atoms with van der Waals surface area (Å²) in [5, 5.41) is 17.5. The lowest BCUT2D eigenvalue weighted by molar-refractivity contribution is -0.299. The van der Waals surface area contributed by atoms with E-state index in [1.54, 1.807) is 32.2 Å². The molecule has 0 bridgehead atoms. The van der Waals surface area contributed by atoms with Gasteiger partial charge >= 0.3 is 23.9 Å². The van der Waals surface area contributed by atoms with Crippen molar-refractivity contribution in [3.05, 3.63) is 76.6 Å². The number of esters is 4. The van der Waals surface area contributed by atoms with Gasteiger partial charge in [0.05, 0.1) is 44.5 Å². The van der Waals surface area contributed by atoms with Crippen molar-refractivity contribution in [1.82, 2.24) is 30.9 Å². The molecule has 0 radical (unpaired) electrons. The van der Waals surface area contributed by atoms with Gasteiger partial charge in [0.1, 0.15) is 24.5 Å². The number of methoxy groups -OCH3 is 1. The van der Waals surface area contributed by atoms with Gasteiger partial charge in [-0.15, -0.1) is 5.10 Å². The molecular weight excluding hydrogens is 817 g/mol. The number of aryl methyl sites for hydroxylation is 2. The van der Waals surface area contributed by atoms with Crippen LogP contribution in [0.25, 0.3) is 0 Å². The molecule has 63 heavy (non-hydrogen) atoms. The number of aromatic nitrogens is 3. The fourth-order valence-corrected chi connectivity index (χ4v) is 8.15. The van der Waals surface area contributed by atoms with Crippen molar-refractivity contribution in [3.8, 4) is 5.75 Å². The van der Waals surface area contributed by atoms with Crippen LogP contribution < -0.4 is 20.7 Å². The van der Waals surface area contributed by atoms with Crippen LogP contribution >= 0.6 is 0 Å². The Morgan fingerprint density at radius 2 is 1.65 bits per heavy atom. The number of benzene rings is 2. The molecular formula is C45H60N6O12. The predicted molar refractivity (Wildman–Crippen MR) is 226 cm³/mol. The molecule has 18 heteroatoms. The van der Waals surface area contributed by atoms with Crippen LogP contribution in [0.15, 0.2) is 48.7 Å². The first-order valence-corrected chi connectivity index (χ1v) is 21.4. The highest BCUT2D eigenvalue weighted by Crippen LogP contribution is 2.36. The summed E-state index contributed by atoms with van der Waals surface area (Å²) in [7, 11) is 1.16. The maximum atomic E-state index is 13.8. The Labute approximate surface area is 367 Å². The molecule has 1 aliphatic heterocycles. The third-order valence-electron chi connectivity index (χ3n) is 11.0. The van der Waals surface area contributed by atoms with E-state index >= 15 is 0 Å². The standard InChI is InChI=1S/C45H60N6O12/c1-28-21-35(22-29(2)42(28)62-32(5)54)43(56)47-25-36(60-30(3)52)23-38-41(48-40(55)27-51-26-37(49-50-51)34-15-11-8-12-16-34)39(61-31(4)53)24-45(63-38,44(57)58-6)59-20-19-46-18-17-33-13-9-7-10-14-33/h7,9-10,13-14,21-22,26,34,36,38-39,41,46H,8,11-12,15-20,23-25,27H2,1-6H3,(H,47,56)(H,48,55)/t36-,38?,39+,41?,45+/m0/s1. The average molecular weight is 877 g/mol. The topological polar surface area (TPSA) is 225 Å². The van der Waals surface area contributed by atoms with E-state index < -0.39 is 65.8 Å². The molecule has 2 aromatic carbocycles. The number of nitrogens with zero attached hydrogens (tertiary/aromatic N) is 3. The monoisotopic (exact) mass is 876 g/mol. The van der Waals surface area contributed by atoms with Gasteiger partial charge in [0.2, 0.25) is 5.91 Å². The second-order valence-electron chi connectivity index (χ2n) is 16.1. The largest absolute Gasteiger partial charge is 0.465 e. The van der Waals surface area contributed by atoms with Crippen LogP contribution in [0.4, 0.5) is 0 Å². The van der Waals surface area contributed by atoms with E-state index in [0.29, 0.717) is 30.0 Å². The average Bonchev–Trinajstić information content (AvgIpc) is 3.71. The smallest absolute Gasteiger partial charge is 0.366 e. The van der Waals surface area contributed by atoms with Crippen molar-refractivity contribution < 1.29 is 57.2 Å². The highest BCUT2D eigenvalue weighted by molar-refractivity contribution is 5.95. The Hall–Kier alpha value is -5.72. The number of ether oxygens (including phenoxy) is 6. The number of carbonyl (C=O) groups excluding carboxylic acids is 6. The lowest BCUT2D eigenvalue weighted by atomic mass is 9.87. The van der Waals surface area contributed by atoms with Crippen LogP contribution in [0.5, 0.6) is 5.75 Å². The summed E-state index contributed by atoms with van der Waals surface area (Å²) in [5.41, 5.74) is 3.32. The molecule has 1 saturated heterocycles. The minimum Gasteiger partial charge on any atom is -0.465 e. The number of rotatable bonds is 20. The summed E-state index contributed by atoms with van der Waals surface area (Å²) in [4.78, 5) is 78.0. The summed E-state index contributed by atoms with van der Waals surface area (Å²) in [5.74, 6) is -5.39. The van der Waals surface area contributed by atoms with Gasteiger partial charge in [-0.25, -0.2) is 9.48 Å². The fourth-order valence-electron chi connectivity index (χ4n) is 8.15. The van der Waals surface area contributed by atoms with Gasteiger partial charge in [-0.1, -0.05) is 54.8 Å². The molecule has 5 rings (SSSR count). The second kappa shape index (κ2) is 23.1. The van der Waals surface area contributed by atoms with Crippen molar-refractivity contribution in [3.63, 3.8) is 0 Å². The lowest BCUT2D eigenvalue weighted by Gasteiger charge is -2.46. The fraction of sp³-hybridized carbons (Fsp3) is 0.556. The molecule has 3 aromatic rings. The first kappa shape index (κ1) is 48.3. The molecule has 0 spiro atoms. The molecule has 5 atom stereocenters. The molecule has 1 aliphatic carbocycles. The lowest BCUT2D eigenvalue weighted by Crippen LogP contribution is -2.66. The number of nitrogens with one attached hydrogen (secondary N) is 3. The number of hydrogen-bond donors (Lipinski definition) is 3. The zero-order valence-electron chi connectivity index (χ0n) is 36.9. The SMILES string of the molecule is COC(=O)[C@@]1(OCCNCCc2ccccc2)C[C@@H](OC(C)=O)C(NC(=O)Cn2cc(C3CCCCC3)nn2)C(C[C@@H](CNC(=O)c2cc(C)c(OC(C)=O)c(C)c2)OC(C)=O)O1. The molecule has 3 N–H and O–H groups in total. The molecule has 2 fully saturated rings. The molecule has 2 amide bonds. The van der Waals surface area contributed by atoms with Crippen LogP contribution in [0.1, 0.15) is 104 Å². The van der Waals surface area contributed by atoms with Gasteiger partial charge in [0.15, 0.2) is 0 Å². The van der Waals surface area contributed by atoms with Crippen molar-refractivity contribution in [2.75, 3.05) is 33.4 Å². The van der Waals surface area contributed by atoms with Gasteiger partial charge in [0, 0.05) is 51.4 Å². The predicted octanol–water partition coefficient (Wildman–Crippen LogP) is 3.54. The molecule has 2 aliphatic rings. The minimum absolute atomic E-state index is 0.0332. The van der Waals surface area contributed by atoms with E-state index in [9.17, 15) is 28.8 Å². The van der Waals surface area contributed by atoms with E-state index in [1.165, 1.54) is 31.9 Å². The van der Waals surface area contributed by atoms with Crippen LogP contribution in [0.3, 0.4) is 0 Å². The van der Waals surface area contributed by atoms with E-state index in [4.69, 9.17) is 28.4 Å². The maximum Gasteiger partial charge on any atom is 0.366 e.